The standard InChI is InChI=1S/C19H20FN5OS/c1-19(11-21,12-6-7-12)22-16(26)10-27-18-24-23-17(25(18)13-8-9-13)14-4-2-3-5-15(14)20/h2-5,12-13H,6-10H2,1H3,(H,22,26)/t19-/m0/s1. The van der Waals surface area contributed by atoms with Crippen LogP contribution < -0.4 is 5.32 Å². The molecule has 0 bridgehead atoms. The average molecular weight is 385 g/mol. The van der Waals surface area contributed by atoms with Crippen molar-refractivity contribution in [3.8, 4) is 17.5 Å². The van der Waals surface area contributed by atoms with Gasteiger partial charge in [0.05, 0.1) is 17.4 Å². The zero-order valence-corrected chi connectivity index (χ0v) is 15.8. The molecule has 2 fully saturated rings. The van der Waals surface area contributed by atoms with Gasteiger partial charge in [0.2, 0.25) is 5.91 Å². The van der Waals surface area contributed by atoms with Crippen molar-refractivity contribution in [1.29, 1.82) is 5.26 Å². The molecule has 2 aliphatic rings. The van der Waals surface area contributed by atoms with Crippen LogP contribution >= 0.6 is 11.8 Å². The molecule has 2 aliphatic carbocycles. The molecule has 0 spiro atoms. The molecule has 4 rings (SSSR count). The molecular weight excluding hydrogens is 365 g/mol. The van der Waals surface area contributed by atoms with Crippen molar-refractivity contribution in [2.75, 3.05) is 5.75 Å². The largest absolute Gasteiger partial charge is 0.337 e. The fraction of sp³-hybridized carbons (Fsp3) is 0.474. The monoisotopic (exact) mass is 385 g/mol. The molecular formula is C19H20FN5OS. The highest BCUT2D eigenvalue weighted by Crippen LogP contribution is 2.42. The predicted molar refractivity (Wildman–Crippen MR) is 99.3 cm³/mol. The summed E-state index contributed by atoms with van der Waals surface area (Å²) in [6, 6.07) is 8.97. The van der Waals surface area contributed by atoms with E-state index in [1.807, 2.05) is 4.57 Å². The second-order valence-corrected chi connectivity index (χ2v) is 8.25. The Balaban J connectivity index is 1.49. The van der Waals surface area contributed by atoms with Crippen LogP contribution in [0.1, 0.15) is 38.6 Å². The Morgan fingerprint density at radius 2 is 2.11 bits per heavy atom. The Morgan fingerprint density at radius 3 is 2.74 bits per heavy atom. The topological polar surface area (TPSA) is 83.6 Å². The molecule has 8 heteroatoms. The lowest BCUT2D eigenvalue weighted by atomic mass is 9.98. The van der Waals surface area contributed by atoms with Crippen molar-refractivity contribution in [1.82, 2.24) is 20.1 Å². The predicted octanol–water partition coefficient (Wildman–Crippen LogP) is 3.32. The van der Waals surface area contributed by atoms with Crippen LogP contribution in [0, 0.1) is 23.1 Å². The van der Waals surface area contributed by atoms with Crippen LogP contribution in [0.3, 0.4) is 0 Å². The lowest BCUT2D eigenvalue weighted by Gasteiger charge is -2.22. The maximum absolute atomic E-state index is 14.2. The summed E-state index contributed by atoms with van der Waals surface area (Å²) in [5.41, 5.74) is -0.390. The summed E-state index contributed by atoms with van der Waals surface area (Å²) in [4.78, 5) is 12.4. The Hall–Kier alpha value is -2.40. The van der Waals surface area contributed by atoms with E-state index in [0.717, 1.165) is 25.7 Å². The first-order valence-corrected chi connectivity index (χ1v) is 10.1. The van der Waals surface area contributed by atoms with Gasteiger partial charge in [0.1, 0.15) is 11.4 Å². The van der Waals surface area contributed by atoms with E-state index in [-0.39, 0.29) is 29.4 Å². The van der Waals surface area contributed by atoms with Gasteiger partial charge in [-0.05, 0) is 50.7 Å². The van der Waals surface area contributed by atoms with E-state index >= 15 is 0 Å². The molecule has 6 nitrogen and oxygen atoms in total. The molecule has 27 heavy (non-hydrogen) atoms. The van der Waals surface area contributed by atoms with Crippen molar-refractivity contribution in [3.63, 3.8) is 0 Å². The smallest absolute Gasteiger partial charge is 0.231 e. The molecule has 140 valence electrons. The third kappa shape index (κ3) is 3.69. The Kier molecular flexibility index (Phi) is 4.64. The summed E-state index contributed by atoms with van der Waals surface area (Å²) in [5, 5.41) is 21.2. The average Bonchev–Trinajstić information content (AvgIpc) is 3.57. The van der Waals surface area contributed by atoms with Gasteiger partial charge in [-0.3, -0.25) is 9.36 Å². The number of amides is 1. The summed E-state index contributed by atoms with van der Waals surface area (Å²) >= 11 is 1.27. The molecule has 0 saturated heterocycles. The van der Waals surface area contributed by atoms with E-state index in [0.29, 0.717) is 16.5 Å². The number of hydrogen-bond acceptors (Lipinski definition) is 5. The van der Waals surface area contributed by atoms with Crippen LogP contribution in [0.15, 0.2) is 29.4 Å². The number of carbonyl (C=O) groups is 1. The third-order valence-corrected chi connectivity index (χ3v) is 5.99. The fourth-order valence-electron chi connectivity index (χ4n) is 3.20. The maximum atomic E-state index is 14.2. The van der Waals surface area contributed by atoms with Gasteiger partial charge in [-0.2, -0.15) is 5.26 Å². The molecule has 2 aromatic rings. The number of nitrogens with one attached hydrogen (secondary N) is 1. The van der Waals surface area contributed by atoms with Crippen molar-refractivity contribution in [3.05, 3.63) is 30.1 Å². The van der Waals surface area contributed by atoms with Crippen LogP contribution in [-0.2, 0) is 4.79 Å². The number of thioether (sulfide) groups is 1. The summed E-state index contributed by atoms with van der Waals surface area (Å²) in [7, 11) is 0. The quantitative estimate of drug-likeness (QED) is 0.739. The summed E-state index contributed by atoms with van der Waals surface area (Å²) < 4.78 is 16.1. The van der Waals surface area contributed by atoms with Crippen LogP contribution in [0.4, 0.5) is 4.39 Å². The lowest BCUT2D eigenvalue weighted by Crippen LogP contribution is -2.47. The van der Waals surface area contributed by atoms with E-state index in [4.69, 9.17) is 0 Å². The minimum atomic E-state index is -0.805. The third-order valence-electron chi connectivity index (χ3n) is 5.05. The second-order valence-electron chi connectivity index (χ2n) is 7.31. The number of nitriles is 1. The molecule has 1 aromatic carbocycles. The zero-order chi connectivity index (χ0) is 19.0. The second kappa shape index (κ2) is 6.97. The van der Waals surface area contributed by atoms with E-state index in [1.54, 1.807) is 25.1 Å². The highest BCUT2D eigenvalue weighted by atomic mass is 32.2. The number of halogens is 1. The number of carbonyl (C=O) groups excluding carboxylic acids is 1. The van der Waals surface area contributed by atoms with Gasteiger partial charge in [-0.15, -0.1) is 10.2 Å². The van der Waals surface area contributed by atoms with Gasteiger partial charge in [0, 0.05) is 6.04 Å². The maximum Gasteiger partial charge on any atom is 0.231 e. The molecule has 1 aromatic heterocycles. The Bertz CT molecular complexity index is 915. The van der Waals surface area contributed by atoms with Gasteiger partial charge >= 0.3 is 0 Å². The highest BCUT2D eigenvalue weighted by molar-refractivity contribution is 7.99. The highest BCUT2D eigenvalue weighted by Gasteiger charge is 2.43. The molecule has 1 N–H and O–H groups in total. The molecule has 1 heterocycles. The Morgan fingerprint density at radius 1 is 1.37 bits per heavy atom. The fourth-order valence-corrected chi connectivity index (χ4v) is 4.01. The van der Waals surface area contributed by atoms with E-state index in [9.17, 15) is 14.4 Å². The van der Waals surface area contributed by atoms with Gasteiger partial charge in [-0.25, -0.2) is 4.39 Å². The first-order valence-electron chi connectivity index (χ1n) is 9.06. The first kappa shape index (κ1) is 18.0. The molecule has 1 atom stereocenters. The number of benzene rings is 1. The SMILES string of the molecule is C[C@@](C#N)(NC(=O)CSc1nnc(-c2ccccc2F)n1C1CC1)C1CC1. The molecule has 0 unspecified atom stereocenters. The number of hydrogen-bond donors (Lipinski definition) is 1. The van der Waals surface area contributed by atoms with Gasteiger partial charge in [0.25, 0.3) is 0 Å². The molecule has 0 radical (unpaired) electrons. The van der Waals surface area contributed by atoms with Crippen molar-refractivity contribution in [2.24, 2.45) is 5.92 Å². The van der Waals surface area contributed by atoms with Crippen LogP contribution in [0.25, 0.3) is 11.4 Å². The van der Waals surface area contributed by atoms with Crippen LogP contribution in [-0.4, -0.2) is 32.0 Å². The van der Waals surface area contributed by atoms with Crippen molar-refractivity contribution >= 4 is 17.7 Å². The number of nitrogens with zero attached hydrogens (tertiary/aromatic N) is 4. The zero-order valence-electron chi connectivity index (χ0n) is 15.0. The lowest BCUT2D eigenvalue weighted by molar-refractivity contribution is -0.119. The van der Waals surface area contributed by atoms with Crippen molar-refractivity contribution < 1.29 is 9.18 Å². The van der Waals surface area contributed by atoms with E-state index < -0.39 is 5.54 Å². The summed E-state index contributed by atoms with van der Waals surface area (Å²) in [5.74, 6) is 0.341. The minimum absolute atomic E-state index is 0.145. The normalized spacial score (nSPS) is 18.6. The first-order chi connectivity index (χ1) is 13.0. The van der Waals surface area contributed by atoms with E-state index in [1.165, 1.54) is 17.8 Å². The minimum Gasteiger partial charge on any atom is -0.337 e. The molecule has 0 aliphatic heterocycles. The molecule has 1 amide bonds. The summed E-state index contributed by atoms with van der Waals surface area (Å²) in [6.45, 7) is 1.77. The van der Waals surface area contributed by atoms with Gasteiger partial charge in [-0.1, -0.05) is 23.9 Å². The van der Waals surface area contributed by atoms with E-state index in [2.05, 4.69) is 21.6 Å². The van der Waals surface area contributed by atoms with Gasteiger partial charge in [0.15, 0.2) is 11.0 Å². The number of rotatable bonds is 7. The van der Waals surface area contributed by atoms with Crippen LogP contribution in [0.2, 0.25) is 0 Å². The van der Waals surface area contributed by atoms with Gasteiger partial charge < -0.3 is 5.32 Å². The van der Waals surface area contributed by atoms with Crippen molar-refractivity contribution in [2.45, 2.75) is 49.3 Å². The number of aromatic nitrogens is 3. The molecule has 2 saturated carbocycles. The summed E-state index contributed by atoms with van der Waals surface area (Å²) in [6.07, 6.45) is 3.93. The Labute approximate surface area is 161 Å². The van der Waals surface area contributed by atoms with Crippen LogP contribution in [0.5, 0.6) is 0 Å².